The van der Waals surface area contributed by atoms with E-state index in [4.69, 9.17) is 0 Å². The van der Waals surface area contributed by atoms with E-state index in [0.29, 0.717) is 0 Å². The molecule has 0 saturated carbocycles. The van der Waals surface area contributed by atoms with Gasteiger partial charge in [0, 0.05) is 0 Å². The van der Waals surface area contributed by atoms with E-state index in [9.17, 15) is 37.8 Å². The van der Waals surface area contributed by atoms with Crippen molar-refractivity contribution in [3.8, 4) is 0 Å². The van der Waals surface area contributed by atoms with Crippen molar-refractivity contribution in [1.82, 2.24) is 0 Å². The Balaban J connectivity index is -0.000000180. The third-order valence-corrected chi connectivity index (χ3v) is 3.00. The van der Waals surface area contributed by atoms with Crippen LogP contribution in [0.25, 0.3) is 0 Å². The van der Waals surface area contributed by atoms with Gasteiger partial charge < -0.3 is 37.8 Å². The van der Waals surface area contributed by atoms with E-state index in [1.165, 1.54) is 0 Å². The van der Waals surface area contributed by atoms with Gasteiger partial charge in [-0.1, -0.05) is 0 Å². The van der Waals surface area contributed by atoms with Gasteiger partial charge in [0.2, 0.25) is 0 Å². The predicted molar refractivity (Wildman–Crippen MR) is 38.2 cm³/mol. The van der Waals surface area contributed by atoms with E-state index in [0.717, 1.165) is 0 Å². The maximum atomic E-state index is 9.29. The standard InChI is InChI=1S/2H4O5P2.Ti/c2*1-6(2)5-7(3)4;/h2*6-7H,(H,1,2)(H,3,4);/q;;+4/p-4. The second-order valence-corrected chi connectivity index (χ2v) is 4.84. The SMILES string of the molecule is O=[PH]([O-])O[PH](=O)[O-].O=[PH]([O-])O[PH](=O)[O-].[Ti+4]. The van der Waals surface area contributed by atoms with Gasteiger partial charge in [-0.2, -0.15) is 0 Å². The molecule has 0 aliphatic carbocycles. The molecule has 4 unspecified atom stereocenters. The van der Waals surface area contributed by atoms with Gasteiger partial charge in [0.15, 0.2) is 0 Å². The van der Waals surface area contributed by atoms with Crippen molar-refractivity contribution in [3.05, 3.63) is 0 Å². The first kappa shape index (κ1) is 21.7. The third kappa shape index (κ3) is 31.3. The van der Waals surface area contributed by atoms with Crippen LogP contribution < -0.4 is 19.6 Å². The molecule has 0 aromatic carbocycles. The Morgan fingerprint density at radius 2 is 0.733 bits per heavy atom. The van der Waals surface area contributed by atoms with Crippen molar-refractivity contribution < 1.29 is 68.2 Å². The molecule has 0 saturated heterocycles. The Morgan fingerprint density at radius 3 is 0.733 bits per heavy atom. The summed E-state index contributed by atoms with van der Waals surface area (Å²) < 4.78 is 43.6. The molecule has 0 aromatic heterocycles. The van der Waals surface area contributed by atoms with Crippen molar-refractivity contribution >= 4 is 33.0 Å². The van der Waals surface area contributed by atoms with Crippen LogP contribution in [-0.2, 0) is 48.6 Å². The molecule has 0 spiro atoms. The topological polar surface area (TPSA) is 179 Å². The summed E-state index contributed by atoms with van der Waals surface area (Å²) in [4.78, 5) is 37.1. The first-order valence-electron chi connectivity index (χ1n) is 2.45. The van der Waals surface area contributed by atoms with Crippen molar-refractivity contribution in [2.75, 3.05) is 0 Å². The van der Waals surface area contributed by atoms with Crippen LogP contribution in [-0.4, -0.2) is 0 Å². The Hall–Kier alpha value is 1.39. The number of hydrogen-bond acceptors (Lipinski definition) is 10. The fraction of sp³-hybridized carbons (Fsp3) is 0. The summed E-state index contributed by atoms with van der Waals surface area (Å²) in [5, 5.41) is 0. The summed E-state index contributed by atoms with van der Waals surface area (Å²) >= 11 is 0. The summed E-state index contributed by atoms with van der Waals surface area (Å²) in [6, 6.07) is 0. The monoisotopic (exact) mass is 336 g/mol. The molecule has 0 aromatic rings. The molecule has 15 heavy (non-hydrogen) atoms. The quantitative estimate of drug-likeness (QED) is 0.379. The van der Waals surface area contributed by atoms with E-state index in [-0.39, 0.29) is 21.7 Å². The fourth-order valence-corrected chi connectivity index (χ4v) is 1.22. The first-order valence-corrected chi connectivity index (χ1v) is 7.35. The summed E-state index contributed by atoms with van der Waals surface area (Å²) in [5.41, 5.74) is 0. The minimum absolute atomic E-state index is 0. The zero-order chi connectivity index (χ0) is 11.7. The van der Waals surface area contributed by atoms with Crippen LogP contribution in [0.1, 0.15) is 0 Å². The minimum atomic E-state index is -3.51. The predicted octanol–water partition coefficient (Wildman–Crippen LogP) is -3.00. The third-order valence-electron chi connectivity index (χ3n) is 0.333. The first-order chi connectivity index (χ1) is 6.25. The van der Waals surface area contributed by atoms with Crippen LogP contribution in [0.4, 0.5) is 0 Å². The summed E-state index contributed by atoms with van der Waals surface area (Å²) in [5.74, 6) is 0. The Bertz CT molecular complexity index is 196. The molecule has 4 atom stereocenters. The number of rotatable bonds is 4. The van der Waals surface area contributed by atoms with Crippen molar-refractivity contribution in [2.24, 2.45) is 0 Å². The van der Waals surface area contributed by atoms with Gasteiger partial charge in [-0.25, -0.2) is 0 Å². The average Bonchev–Trinajstić information content (AvgIpc) is 1.79. The van der Waals surface area contributed by atoms with Gasteiger partial charge >= 0.3 is 21.7 Å². The summed E-state index contributed by atoms with van der Waals surface area (Å²) in [6.45, 7) is 0. The molecule has 15 heteroatoms. The van der Waals surface area contributed by atoms with E-state index in [1.807, 2.05) is 0 Å². The Labute approximate surface area is 101 Å². The van der Waals surface area contributed by atoms with Crippen LogP contribution in [0, 0.1) is 0 Å². The Kier molecular flexibility index (Phi) is 19.4. The van der Waals surface area contributed by atoms with Gasteiger partial charge in [-0.15, -0.1) is 0 Å². The molecule has 0 radical (unpaired) electrons. The van der Waals surface area contributed by atoms with Gasteiger partial charge in [0.05, 0.1) is 0 Å². The van der Waals surface area contributed by atoms with Crippen molar-refractivity contribution in [1.29, 1.82) is 0 Å². The molecule has 0 aliphatic rings. The zero-order valence-corrected chi connectivity index (χ0v) is 12.1. The second-order valence-electron chi connectivity index (χ2n) is 1.20. The average molecular weight is 336 g/mol. The molecule has 0 rings (SSSR count). The van der Waals surface area contributed by atoms with E-state index in [2.05, 4.69) is 8.62 Å². The minimum Gasteiger partial charge on any atom is -0.781 e. The van der Waals surface area contributed by atoms with Crippen LogP contribution in [0.3, 0.4) is 0 Å². The second kappa shape index (κ2) is 13.5. The van der Waals surface area contributed by atoms with Gasteiger partial charge in [0.25, 0.3) is 0 Å². The normalized spacial score (nSPS) is 17.3. The largest absolute Gasteiger partial charge is 4.00 e. The molecule has 0 amide bonds. The van der Waals surface area contributed by atoms with Crippen LogP contribution in [0.5, 0.6) is 0 Å². The molecular weight excluding hydrogens is 332 g/mol. The van der Waals surface area contributed by atoms with Gasteiger partial charge in [-0.3, -0.25) is 8.62 Å². The molecule has 0 aliphatic heterocycles. The van der Waals surface area contributed by atoms with Gasteiger partial charge in [0.1, 0.15) is 33.0 Å². The van der Waals surface area contributed by atoms with Crippen LogP contribution in [0.2, 0.25) is 0 Å². The fourth-order valence-electron chi connectivity index (χ4n) is 0.136. The Morgan fingerprint density at radius 1 is 0.600 bits per heavy atom. The van der Waals surface area contributed by atoms with E-state index >= 15 is 0 Å². The zero-order valence-electron chi connectivity index (χ0n) is 6.58. The molecule has 0 bridgehead atoms. The summed E-state index contributed by atoms with van der Waals surface area (Å²) in [6.07, 6.45) is 0. The van der Waals surface area contributed by atoms with E-state index in [1.54, 1.807) is 0 Å². The molecule has 88 valence electrons. The van der Waals surface area contributed by atoms with Crippen LogP contribution >= 0.6 is 33.0 Å². The van der Waals surface area contributed by atoms with Crippen molar-refractivity contribution in [3.63, 3.8) is 0 Å². The smallest absolute Gasteiger partial charge is 0.781 e. The summed E-state index contributed by atoms with van der Waals surface area (Å²) in [7, 11) is -14.1. The maximum Gasteiger partial charge on any atom is 4.00 e. The van der Waals surface area contributed by atoms with Crippen LogP contribution in [0.15, 0.2) is 0 Å². The van der Waals surface area contributed by atoms with Gasteiger partial charge in [-0.05, 0) is 0 Å². The number of hydrogen-bond donors (Lipinski definition) is 0. The molecule has 0 N–H and O–H groups in total. The molecule has 0 fully saturated rings. The molecule has 0 heterocycles. The maximum absolute atomic E-state index is 9.29. The van der Waals surface area contributed by atoms with Crippen molar-refractivity contribution in [2.45, 2.75) is 0 Å². The van der Waals surface area contributed by atoms with E-state index < -0.39 is 33.0 Å². The molecule has 10 nitrogen and oxygen atoms in total. The molecular formula is H4O10P4Ti.